The maximum atomic E-state index is 12.4. The van der Waals surface area contributed by atoms with Crippen LogP contribution in [0.1, 0.15) is 11.1 Å². The molecule has 0 aromatic heterocycles. The molecule has 0 spiro atoms. The summed E-state index contributed by atoms with van der Waals surface area (Å²) in [7, 11) is -3.53. The Morgan fingerprint density at radius 3 is 2.44 bits per heavy atom. The van der Waals surface area contributed by atoms with Gasteiger partial charge < -0.3 is 4.74 Å². The van der Waals surface area contributed by atoms with Crippen LogP contribution in [0.4, 0.5) is 0 Å². The van der Waals surface area contributed by atoms with Gasteiger partial charge in [0.05, 0.1) is 4.90 Å². The zero-order valence-electron chi connectivity index (χ0n) is 14.3. The molecule has 0 atom stereocenters. The maximum Gasteiger partial charge on any atom is 0.240 e. The fraction of sp³-hybridized carbons (Fsp3) is 0.200. The summed E-state index contributed by atoms with van der Waals surface area (Å²) in [5.74, 6) is 0.726. The van der Waals surface area contributed by atoms with Crippen LogP contribution in [0.2, 0.25) is 0 Å². The molecule has 130 valence electrons. The van der Waals surface area contributed by atoms with Gasteiger partial charge in [0.2, 0.25) is 10.0 Å². The topological polar surface area (TPSA) is 55.4 Å². The smallest absolute Gasteiger partial charge is 0.240 e. The predicted molar refractivity (Wildman–Crippen MR) is 101 cm³/mol. The van der Waals surface area contributed by atoms with Crippen LogP contribution >= 0.6 is 0 Å². The highest BCUT2D eigenvalue weighted by Gasteiger charge is 2.16. The molecule has 25 heavy (non-hydrogen) atoms. The average molecular weight is 355 g/mol. The second-order valence-electron chi connectivity index (χ2n) is 6.02. The van der Waals surface area contributed by atoms with Gasteiger partial charge in [-0.2, -0.15) is 0 Å². The summed E-state index contributed by atoms with van der Waals surface area (Å²) in [6, 6.07) is 19.2. The summed E-state index contributed by atoms with van der Waals surface area (Å²) in [6.45, 7) is 4.21. The molecule has 1 N–H and O–H groups in total. The Morgan fingerprint density at radius 2 is 1.68 bits per heavy atom. The first-order valence-electron chi connectivity index (χ1n) is 8.14. The van der Waals surface area contributed by atoms with Gasteiger partial charge in [-0.3, -0.25) is 0 Å². The van der Waals surface area contributed by atoms with E-state index < -0.39 is 10.0 Å². The van der Waals surface area contributed by atoms with Crippen LogP contribution in [0.5, 0.6) is 5.75 Å². The predicted octanol–water partition coefficient (Wildman–Crippen LogP) is 3.81. The Labute approximate surface area is 148 Å². The standard InChI is InChI=1S/C20H21NO3S/c1-15-7-10-20(16(2)13-15)25(22,23)21-11-12-24-19-9-8-17-5-3-4-6-18(17)14-19/h3-10,13-14,21H,11-12H2,1-2H3. The number of fused-ring (bicyclic) bond motifs is 1. The molecule has 0 aliphatic carbocycles. The number of sulfonamides is 1. The van der Waals surface area contributed by atoms with Crippen molar-refractivity contribution >= 4 is 20.8 Å². The van der Waals surface area contributed by atoms with Crippen LogP contribution in [0.15, 0.2) is 65.6 Å². The minimum atomic E-state index is -3.53. The van der Waals surface area contributed by atoms with Crippen molar-refractivity contribution in [3.8, 4) is 5.75 Å². The van der Waals surface area contributed by atoms with Crippen LogP contribution in [-0.4, -0.2) is 21.6 Å². The molecular weight excluding hydrogens is 334 g/mol. The Kier molecular flexibility index (Phi) is 5.06. The summed E-state index contributed by atoms with van der Waals surface area (Å²) in [6.07, 6.45) is 0. The summed E-state index contributed by atoms with van der Waals surface area (Å²) in [5.41, 5.74) is 1.78. The lowest BCUT2D eigenvalue weighted by molar-refractivity contribution is 0.323. The van der Waals surface area contributed by atoms with Crippen molar-refractivity contribution in [1.82, 2.24) is 4.72 Å². The highest BCUT2D eigenvalue weighted by Crippen LogP contribution is 2.20. The van der Waals surface area contributed by atoms with Crippen molar-refractivity contribution in [2.24, 2.45) is 0 Å². The van der Waals surface area contributed by atoms with Crippen LogP contribution in [0, 0.1) is 13.8 Å². The number of benzene rings is 3. The number of ether oxygens (including phenoxy) is 1. The molecule has 0 unspecified atom stereocenters. The monoisotopic (exact) mass is 355 g/mol. The van der Waals surface area contributed by atoms with Gasteiger partial charge in [0.25, 0.3) is 0 Å². The van der Waals surface area contributed by atoms with Gasteiger partial charge in [-0.25, -0.2) is 13.1 Å². The van der Waals surface area contributed by atoms with E-state index in [1.807, 2.05) is 55.5 Å². The van der Waals surface area contributed by atoms with E-state index in [1.165, 1.54) is 0 Å². The first-order valence-corrected chi connectivity index (χ1v) is 9.62. The van der Waals surface area contributed by atoms with Gasteiger partial charge in [-0.1, -0.05) is 48.0 Å². The van der Waals surface area contributed by atoms with E-state index in [0.717, 1.165) is 27.6 Å². The number of hydrogen-bond donors (Lipinski definition) is 1. The summed E-state index contributed by atoms with van der Waals surface area (Å²) < 4.78 is 33.0. The Hall–Kier alpha value is -2.37. The summed E-state index contributed by atoms with van der Waals surface area (Å²) in [5, 5.41) is 2.24. The minimum absolute atomic E-state index is 0.211. The minimum Gasteiger partial charge on any atom is -0.492 e. The Bertz CT molecular complexity index is 997. The quantitative estimate of drug-likeness (QED) is 0.684. The van der Waals surface area contributed by atoms with E-state index in [9.17, 15) is 8.42 Å². The lowest BCUT2D eigenvalue weighted by Gasteiger charge is -2.11. The molecule has 0 aliphatic rings. The zero-order valence-corrected chi connectivity index (χ0v) is 15.1. The third kappa shape index (κ3) is 4.18. The molecule has 4 nitrogen and oxygen atoms in total. The van der Waals surface area contributed by atoms with Crippen molar-refractivity contribution in [3.63, 3.8) is 0 Å². The molecule has 0 saturated heterocycles. The van der Waals surface area contributed by atoms with E-state index >= 15 is 0 Å². The molecule has 0 heterocycles. The van der Waals surface area contributed by atoms with E-state index in [1.54, 1.807) is 19.1 Å². The number of nitrogens with one attached hydrogen (secondary N) is 1. The average Bonchev–Trinajstić information content (AvgIpc) is 2.58. The van der Waals surface area contributed by atoms with Gasteiger partial charge in [0.1, 0.15) is 12.4 Å². The van der Waals surface area contributed by atoms with E-state index in [4.69, 9.17) is 4.74 Å². The third-order valence-electron chi connectivity index (χ3n) is 4.00. The van der Waals surface area contributed by atoms with Crippen molar-refractivity contribution < 1.29 is 13.2 Å². The van der Waals surface area contributed by atoms with Crippen LogP contribution in [-0.2, 0) is 10.0 Å². The van der Waals surface area contributed by atoms with Gasteiger partial charge in [0, 0.05) is 6.54 Å². The molecule has 3 rings (SSSR count). The van der Waals surface area contributed by atoms with Crippen molar-refractivity contribution in [1.29, 1.82) is 0 Å². The summed E-state index contributed by atoms with van der Waals surface area (Å²) >= 11 is 0. The van der Waals surface area contributed by atoms with Gasteiger partial charge in [-0.15, -0.1) is 0 Å². The molecule has 0 bridgehead atoms. The number of rotatable bonds is 6. The molecule has 0 aliphatic heterocycles. The highest BCUT2D eigenvalue weighted by atomic mass is 32.2. The fourth-order valence-electron chi connectivity index (χ4n) is 2.78. The summed E-state index contributed by atoms with van der Waals surface area (Å²) in [4.78, 5) is 0.309. The number of aryl methyl sites for hydroxylation is 2. The van der Waals surface area contributed by atoms with Crippen LogP contribution < -0.4 is 9.46 Å². The fourth-order valence-corrected chi connectivity index (χ4v) is 4.02. The Morgan fingerprint density at radius 1 is 0.920 bits per heavy atom. The second kappa shape index (κ2) is 7.25. The van der Waals surface area contributed by atoms with E-state index in [2.05, 4.69) is 4.72 Å². The number of hydrogen-bond acceptors (Lipinski definition) is 3. The zero-order chi connectivity index (χ0) is 17.9. The molecule has 0 fully saturated rings. The van der Waals surface area contributed by atoms with Crippen molar-refractivity contribution in [3.05, 3.63) is 71.8 Å². The van der Waals surface area contributed by atoms with Crippen LogP contribution in [0.3, 0.4) is 0 Å². The lowest BCUT2D eigenvalue weighted by Crippen LogP contribution is -2.28. The lowest BCUT2D eigenvalue weighted by atomic mass is 10.1. The first kappa shape index (κ1) is 17.5. The van der Waals surface area contributed by atoms with Gasteiger partial charge in [-0.05, 0) is 48.4 Å². The molecule has 0 saturated carbocycles. The van der Waals surface area contributed by atoms with Crippen LogP contribution in [0.25, 0.3) is 10.8 Å². The molecule has 0 amide bonds. The van der Waals surface area contributed by atoms with E-state index in [-0.39, 0.29) is 13.2 Å². The SMILES string of the molecule is Cc1ccc(S(=O)(=O)NCCOc2ccc3ccccc3c2)c(C)c1. The van der Waals surface area contributed by atoms with Gasteiger partial charge in [0.15, 0.2) is 0 Å². The van der Waals surface area contributed by atoms with Crippen molar-refractivity contribution in [2.75, 3.05) is 13.2 Å². The molecule has 3 aromatic rings. The molecule has 0 radical (unpaired) electrons. The van der Waals surface area contributed by atoms with Gasteiger partial charge >= 0.3 is 0 Å². The van der Waals surface area contributed by atoms with Crippen molar-refractivity contribution in [2.45, 2.75) is 18.7 Å². The molecule has 5 heteroatoms. The van der Waals surface area contributed by atoms with E-state index in [0.29, 0.717) is 4.90 Å². The third-order valence-corrected chi connectivity index (χ3v) is 5.63. The second-order valence-corrected chi connectivity index (χ2v) is 7.76. The highest BCUT2D eigenvalue weighted by molar-refractivity contribution is 7.89. The maximum absolute atomic E-state index is 12.4. The largest absolute Gasteiger partial charge is 0.492 e. The first-order chi connectivity index (χ1) is 12.0. The normalized spacial score (nSPS) is 11.6. The molecule has 3 aromatic carbocycles. The Balaban J connectivity index is 1.60. The molecular formula is C20H21NO3S.